The Morgan fingerprint density at radius 1 is 1.50 bits per heavy atom. The van der Waals surface area contributed by atoms with Gasteiger partial charge >= 0.3 is 0 Å². The van der Waals surface area contributed by atoms with Gasteiger partial charge in [-0.3, -0.25) is 4.79 Å². The molecule has 16 heavy (non-hydrogen) atoms. The van der Waals surface area contributed by atoms with Gasteiger partial charge in [0.1, 0.15) is 5.82 Å². The highest BCUT2D eigenvalue weighted by molar-refractivity contribution is 5.92. The first kappa shape index (κ1) is 12.6. The van der Waals surface area contributed by atoms with Crippen LogP contribution in [0.3, 0.4) is 0 Å². The molecule has 1 amide bonds. The number of halogens is 1. The number of hydrogen-bond acceptors (Lipinski definition) is 3. The van der Waals surface area contributed by atoms with Gasteiger partial charge in [0.2, 0.25) is 5.91 Å². The second kappa shape index (κ2) is 6.19. The monoisotopic (exact) mass is 226 g/mol. The molecule has 0 aromatic heterocycles. The van der Waals surface area contributed by atoms with Crippen molar-refractivity contribution in [2.75, 3.05) is 13.2 Å². The molecular weight excluding hydrogens is 211 g/mol. The van der Waals surface area contributed by atoms with Gasteiger partial charge in [-0.2, -0.15) is 0 Å². The first-order valence-corrected chi connectivity index (χ1v) is 5.05. The first-order valence-electron chi connectivity index (χ1n) is 5.05. The van der Waals surface area contributed by atoms with Crippen LogP contribution in [0, 0.1) is 5.82 Å². The van der Waals surface area contributed by atoms with Crippen LogP contribution in [0.1, 0.15) is 22.3 Å². The van der Waals surface area contributed by atoms with Crippen LogP contribution in [0.2, 0.25) is 0 Å². The first-order chi connectivity index (χ1) is 7.65. The minimum Gasteiger partial charge on any atom is -0.396 e. The maximum atomic E-state index is 13.3. The Hall–Kier alpha value is -1.46. The fourth-order valence-electron chi connectivity index (χ4n) is 1.29. The van der Waals surface area contributed by atoms with Crippen LogP contribution in [-0.4, -0.2) is 24.2 Å². The molecule has 0 radical (unpaired) electrons. The Labute approximate surface area is 93.3 Å². The van der Waals surface area contributed by atoms with E-state index >= 15 is 0 Å². The molecule has 0 unspecified atom stereocenters. The lowest BCUT2D eigenvalue weighted by atomic mass is 10.1. The van der Waals surface area contributed by atoms with Crippen LogP contribution in [0.25, 0.3) is 0 Å². The lowest BCUT2D eigenvalue weighted by Gasteiger charge is -2.06. The minimum atomic E-state index is -0.573. The predicted molar refractivity (Wildman–Crippen MR) is 58.3 cm³/mol. The molecule has 1 aromatic rings. The van der Waals surface area contributed by atoms with Crippen LogP contribution in [0.5, 0.6) is 0 Å². The van der Waals surface area contributed by atoms with Crippen molar-refractivity contribution < 1.29 is 14.3 Å². The number of benzene rings is 1. The molecule has 4 N–H and O–H groups in total. The summed E-state index contributed by atoms with van der Waals surface area (Å²) in [5.74, 6) is -0.946. The minimum absolute atomic E-state index is 0.0941. The van der Waals surface area contributed by atoms with E-state index in [-0.39, 0.29) is 12.4 Å². The lowest BCUT2D eigenvalue weighted by molar-refractivity contribution is 0.1000. The summed E-state index contributed by atoms with van der Waals surface area (Å²) in [6.07, 6.45) is 0.608. The topological polar surface area (TPSA) is 75.4 Å². The van der Waals surface area contributed by atoms with E-state index in [1.807, 2.05) is 0 Å². The van der Waals surface area contributed by atoms with Crippen molar-refractivity contribution in [3.63, 3.8) is 0 Å². The Kier molecular flexibility index (Phi) is 4.88. The molecule has 0 aliphatic rings. The summed E-state index contributed by atoms with van der Waals surface area (Å²) < 4.78 is 13.3. The molecule has 4 nitrogen and oxygen atoms in total. The highest BCUT2D eigenvalue weighted by atomic mass is 19.1. The fourth-order valence-corrected chi connectivity index (χ4v) is 1.29. The maximum absolute atomic E-state index is 13.3. The van der Waals surface area contributed by atoms with E-state index in [4.69, 9.17) is 10.8 Å². The Bertz CT molecular complexity index is 369. The molecule has 0 bridgehead atoms. The SMILES string of the molecule is NC(=O)c1ccc(F)c(CNCCCO)c1. The molecular formula is C11H15FN2O2. The molecule has 5 heteroatoms. The Morgan fingerprint density at radius 3 is 2.88 bits per heavy atom. The summed E-state index contributed by atoms with van der Waals surface area (Å²) in [6.45, 7) is 1.00. The third kappa shape index (κ3) is 3.60. The van der Waals surface area contributed by atoms with Gasteiger partial charge in [-0.1, -0.05) is 0 Å². The quantitative estimate of drug-likeness (QED) is 0.614. The average Bonchev–Trinajstić information content (AvgIpc) is 2.26. The number of hydrogen-bond donors (Lipinski definition) is 3. The summed E-state index contributed by atoms with van der Waals surface area (Å²) in [6, 6.07) is 4.02. The normalized spacial score (nSPS) is 10.4. The van der Waals surface area contributed by atoms with Crippen LogP contribution >= 0.6 is 0 Å². The van der Waals surface area contributed by atoms with Gasteiger partial charge in [0.05, 0.1) is 0 Å². The van der Waals surface area contributed by atoms with Crippen LogP contribution in [0.4, 0.5) is 4.39 Å². The van der Waals surface area contributed by atoms with Gasteiger partial charge in [0.15, 0.2) is 0 Å². The summed E-state index contributed by atoms with van der Waals surface area (Å²) >= 11 is 0. The smallest absolute Gasteiger partial charge is 0.248 e. The number of aliphatic hydroxyl groups excluding tert-OH is 1. The number of aliphatic hydroxyl groups is 1. The molecule has 0 heterocycles. The highest BCUT2D eigenvalue weighted by Gasteiger charge is 2.06. The maximum Gasteiger partial charge on any atom is 0.248 e. The standard InChI is InChI=1S/C11H15FN2O2/c12-10-3-2-8(11(13)16)6-9(10)7-14-4-1-5-15/h2-3,6,14-15H,1,4-5,7H2,(H2,13,16). The van der Waals surface area contributed by atoms with E-state index in [1.165, 1.54) is 18.2 Å². The van der Waals surface area contributed by atoms with Crippen LogP contribution < -0.4 is 11.1 Å². The van der Waals surface area contributed by atoms with Crippen molar-refractivity contribution in [1.29, 1.82) is 0 Å². The second-order valence-corrected chi connectivity index (χ2v) is 3.42. The lowest BCUT2D eigenvalue weighted by Crippen LogP contribution is -2.18. The number of carbonyl (C=O) groups excluding carboxylic acids is 1. The van der Waals surface area contributed by atoms with E-state index in [1.54, 1.807) is 0 Å². The largest absolute Gasteiger partial charge is 0.396 e. The number of carbonyl (C=O) groups is 1. The van der Waals surface area contributed by atoms with Crippen molar-refractivity contribution in [2.24, 2.45) is 5.73 Å². The van der Waals surface area contributed by atoms with Crippen LogP contribution in [0.15, 0.2) is 18.2 Å². The third-order valence-corrected chi connectivity index (χ3v) is 2.16. The molecule has 0 atom stereocenters. The van der Waals surface area contributed by atoms with Gasteiger partial charge < -0.3 is 16.2 Å². The number of amides is 1. The Balaban J connectivity index is 2.63. The van der Waals surface area contributed by atoms with Gasteiger partial charge in [0.25, 0.3) is 0 Å². The Morgan fingerprint density at radius 2 is 2.25 bits per heavy atom. The van der Waals surface area contributed by atoms with Gasteiger partial charge in [-0.15, -0.1) is 0 Å². The average molecular weight is 226 g/mol. The summed E-state index contributed by atoms with van der Waals surface area (Å²) in [7, 11) is 0. The molecule has 0 saturated heterocycles. The number of primary amides is 1. The second-order valence-electron chi connectivity index (χ2n) is 3.42. The molecule has 0 spiro atoms. The predicted octanol–water partition coefficient (Wildman–Crippen LogP) is 0.397. The zero-order valence-corrected chi connectivity index (χ0v) is 8.87. The van der Waals surface area contributed by atoms with Gasteiger partial charge in [-0.05, 0) is 31.2 Å². The fraction of sp³-hybridized carbons (Fsp3) is 0.364. The molecule has 0 aliphatic carbocycles. The van der Waals surface area contributed by atoms with E-state index in [2.05, 4.69) is 5.32 Å². The highest BCUT2D eigenvalue weighted by Crippen LogP contribution is 2.10. The zero-order chi connectivity index (χ0) is 12.0. The molecule has 0 saturated carbocycles. The van der Waals surface area contributed by atoms with E-state index in [9.17, 15) is 9.18 Å². The summed E-state index contributed by atoms with van der Waals surface area (Å²) in [5.41, 5.74) is 5.78. The van der Waals surface area contributed by atoms with E-state index in [0.717, 1.165) is 0 Å². The van der Waals surface area contributed by atoms with Crippen molar-refractivity contribution in [1.82, 2.24) is 5.32 Å². The van der Waals surface area contributed by atoms with E-state index in [0.29, 0.717) is 30.6 Å². The number of rotatable bonds is 6. The van der Waals surface area contributed by atoms with Gasteiger partial charge in [0, 0.05) is 24.3 Å². The molecule has 0 fully saturated rings. The van der Waals surface area contributed by atoms with Gasteiger partial charge in [-0.25, -0.2) is 4.39 Å². The van der Waals surface area contributed by atoms with Crippen molar-refractivity contribution in [2.45, 2.75) is 13.0 Å². The molecule has 0 aliphatic heterocycles. The van der Waals surface area contributed by atoms with Crippen molar-refractivity contribution in [3.8, 4) is 0 Å². The summed E-state index contributed by atoms with van der Waals surface area (Å²) in [4.78, 5) is 10.9. The summed E-state index contributed by atoms with van der Waals surface area (Å²) in [5, 5.41) is 11.5. The number of nitrogens with two attached hydrogens (primary N) is 1. The third-order valence-electron chi connectivity index (χ3n) is 2.16. The molecule has 88 valence electrons. The molecule has 1 aromatic carbocycles. The zero-order valence-electron chi connectivity index (χ0n) is 8.87. The van der Waals surface area contributed by atoms with Crippen LogP contribution in [-0.2, 0) is 6.54 Å². The number of nitrogens with one attached hydrogen (secondary N) is 1. The van der Waals surface area contributed by atoms with Crippen molar-refractivity contribution in [3.05, 3.63) is 35.1 Å². The van der Waals surface area contributed by atoms with E-state index < -0.39 is 5.91 Å². The van der Waals surface area contributed by atoms with Crippen molar-refractivity contribution >= 4 is 5.91 Å². The molecule has 1 rings (SSSR count).